The van der Waals surface area contributed by atoms with E-state index in [2.05, 4.69) is 22.0 Å². The number of fused-ring (bicyclic) bond motifs is 4. The van der Waals surface area contributed by atoms with Crippen molar-refractivity contribution in [1.82, 2.24) is 9.88 Å². The van der Waals surface area contributed by atoms with Crippen molar-refractivity contribution in [2.75, 3.05) is 26.9 Å². The fourth-order valence-corrected chi connectivity index (χ4v) is 5.50. The molecule has 2 aromatic rings. The third kappa shape index (κ3) is 2.06. The lowest BCUT2D eigenvalue weighted by molar-refractivity contribution is -0.0505. The standard InChI is InChI=1S/C20H24N2O3/c1-25-12-2-3-17-14(6-12)15-8-18-16(10-24)13-7-19(20(15)21-17)22(18)9-11(13)4-5-23/h2-4,6,13,16,18-19,21,23-24H,5,7-10H2,1H3/b11-4-/t13-,16+,18-,19-/m0/s1. The van der Waals surface area contributed by atoms with Gasteiger partial charge in [0.25, 0.3) is 0 Å². The molecule has 5 heterocycles. The molecule has 25 heavy (non-hydrogen) atoms. The number of aliphatic hydroxyl groups excluding tert-OH is 2. The van der Waals surface area contributed by atoms with Gasteiger partial charge in [-0.25, -0.2) is 0 Å². The lowest BCUT2D eigenvalue weighted by atomic mass is 9.64. The predicted molar refractivity (Wildman–Crippen MR) is 95.6 cm³/mol. The van der Waals surface area contributed by atoms with Gasteiger partial charge in [-0.15, -0.1) is 0 Å². The monoisotopic (exact) mass is 340 g/mol. The van der Waals surface area contributed by atoms with Crippen LogP contribution >= 0.6 is 0 Å². The third-order valence-electron chi connectivity index (χ3n) is 6.61. The van der Waals surface area contributed by atoms with Gasteiger partial charge in [0.05, 0.1) is 19.8 Å². The van der Waals surface area contributed by atoms with Gasteiger partial charge in [-0.1, -0.05) is 11.6 Å². The summed E-state index contributed by atoms with van der Waals surface area (Å²) in [5.74, 6) is 1.52. The zero-order valence-electron chi connectivity index (χ0n) is 14.4. The van der Waals surface area contributed by atoms with E-state index in [1.54, 1.807) is 7.11 Å². The van der Waals surface area contributed by atoms with Gasteiger partial charge in [-0.2, -0.15) is 0 Å². The number of methoxy groups -OCH3 is 1. The molecule has 5 nitrogen and oxygen atoms in total. The Labute approximate surface area is 146 Å². The minimum absolute atomic E-state index is 0.0879. The molecule has 0 saturated carbocycles. The molecule has 4 aliphatic rings. The lowest BCUT2D eigenvalue weighted by Gasteiger charge is -2.58. The maximum Gasteiger partial charge on any atom is 0.119 e. The Morgan fingerprint density at radius 1 is 1.36 bits per heavy atom. The summed E-state index contributed by atoms with van der Waals surface area (Å²) in [5.41, 5.74) is 5.20. The molecule has 0 spiro atoms. The Balaban J connectivity index is 1.63. The summed E-state index contributed by atoms with van der Waals surface area (Å²) < 4.78 is 5.41. The summed E-state index contributed by atoms with van der Waals surface area (Å²) in [6.07, 6.45) is 3.93. The highest BCUT2D eigenvalue weighted by Gasteiger charge is 2.52. The van der Waals surface area contributed by atoms with Crippen LogP contribution in [0, 0.1) is 11.8 Å². The van der Waals surface area contributed by atoms with Crippen LogP contribution in [0.25, 0.3) is 10.9 Å². The molecule has 3 fully saturated rings. The van der Waals surface area contributed by atoms with E-state index in [0.29, 0.717) is 18.0 Å². The van der Waals surface area contributed by atoms with Crippen molar-refractivity contribution >= 4 is 10.9 Å². The zero-order valence-corrected chi connectivity index (χ0v) is 14.4. The Bertz CT molecular complexity index is 856. The summed E-state index contributed by atoms with van der Waals surface area (Å²) in [4.78, 5) is 6.20. The lowest BCUT2D eigenvalue weighted by Crippen LogP contribution is -2.60. The third-order valence-corrected chi connectivity index (χ3v) is 6.61. The minimum atomic E-state index is 0.0879. The number of aromatic nitrogens is 1. The molecule has 4 bridgehead atoms. The molecular weight excluding hydrogens is 316 g/mol. The van der Waals surface area contributed by atoms with Crippen LogP contribution in [0.2, 0.25) is 0 Å². The summed E-state index contributed by atoms with van der Waals surface area (Å²) in [6.45, 7) is 1.21. The van der Waals surface area contributed by atoms with Crippen molar-refractivity contribution in [1.29, 1.82) is 0 Å². The number of rotatable bonds is 3. The van der Waals surface area contributed by atoms with Gasteiger partial charge in [-0.05, 0) is 42.5 Å². The highest BCUT2D eigenvalue weighted by atomic mass is 16.5. The second-order valence-corrected chi connectivity index (χ2v) is 7.54. The van der Waals surface area contributed by atoms with Crippen LogP contribution in [-0.2, 0) is 6.42 Å². The first kappa shape index (κ1) is 15.4. The van der Waals surface area contributed by atoms with Gasteiger partial charge in [0, 0.05) is 41.7 Å². The maximum absolute atomic E-state index is 10.1. The number of nitrogens with one attached hydrogen (secondary N) is 1. The Kier molecular flexibility index (Phi) is 3.45. The van der Waals surface area contributed by atoms with Crippen molar-refractivity contribution in [3.8, 4) is 5.75 Å². The van der Waals surface area contributed by atoms with Gasteiger partial charge in [0.1, 0.15) is 5.75 Å². The van der Waals surface area contributed by atoms with E-state index in [0.717, 1.165) is 25.1 Å². The molecule has 6 rings (SSSR count). The SMILES string of the molecule is COc1ccc2[nH]c3c(c2c1)C[C@H]1[C@H](CO)[C@H]2C[C@@H]3N1C/C2=C/CO. The van der Waals surface area contributed by atoms with Gasteiger partial charge in [0.15, 0.2) is 0 Å². The molecule has 1 unspecified atom stereocenters. The molecule has 3 N–H and O–H groups in total. The summed E-state index contributed by atoms with van der Waals surface area (Å²) >= 11 is 0. The molecule has 5 atom stereocenters. The van der Waals surface area contributed by atoms with E-state index >= 15 is 0 Å². The van der Waals surface area contributed by atoms with Gasteiger partial charge in [0.2, 0.25) is 0 Å². The fourth-order valence-electron chi connectivity index (χ4n) is 5.50. The van der Waals surface area contributed by atoms with E-state index < -0.39 is 0 Å². The molecular formula is C20H24N2O3. The summed E-state index contributed by atoms with van der Waals surface area (Å²) in [5, 5.41) is 20.7. The number of H-pyrrole nitrogens is 1. The van der Waals surface area contributed by atoms with Crippen LogP contribution in [0.3, 0.4) is 0 Å². The Hall–Kier alpha value is -1.82. The van der Waals surface area contributed by atoms with E-state index in [9.17, 15) is 10.2 Å². The van der Waals surface area contributed by atoms with Crippen molar-refractivity contribution in [2.45, 2.75) is 24.9 Å². The highest BCUT2D eigenvalue weighted by Crippen LogP contribution is 2.54. The van der Waals surface area contributed by atoms with Crippen molar-refractivity contribution in [3.63, 3.8) is 0 Å². The second kappa shape index (κ2) is 5.59. The van der Waals surface area contributed by atoms with Crippen LogP contribution in [-0.4, -0.2) is 53.0 Å². The number of nitrogens with zero attached hydrogens (tertiary/aromatic N) is 1. The van der Waals surface area contributed by atoms with Crippen LogP contribution in [0.4, 0.5) is 0 Å². The van der Waals surface area contributed by atoms with E-state index in [1.165, 1.54) is 27.7 Å². The molecule has 132 valence electrons. The summed E-state index contributed by atoms with van der Waals surface area (Å²) in [6, 6.07) is 6.99. The van der Waals surface area contributed by atoms with Crippen molar-refractivity contribution < 1.29 is 14.9 Å². The molecule has 5 heteroatoms. The van der Waals surface area contributed by atoms with Crippen molar-refractivity contribution in [2.24, 2.45) is 11.8 Å². The van der Waals surface area contributed by atoms with E-state index in [4.69, 9.17) is 4.74 Å². The number of hydrogen-bond acceptors (Lipinski definition) is 4. The number of aromatic amines is 1. The van der Waals surface area contributed by atoms with E-state index in [1.807, 2.05) is 12.1 Å². The smallest absolute Gasteiger partial charge is 0.119 e. The normalized spacial score (nSPS) is 34.5. The number of benzene rings is 1. The highest BCUT2D eigenvalue weighted by molar-refractivity contribution is 5.86. The van der Waals surface area contributed by atoms with Crippen LogP contribution in [0.5, 0.6) is 5.75 Å². The largest absolute Gasteiger partial charge is 0.497 e. The molecule has 3 saturated heterocycles. The quantitative estimate of drug-likeness (QED) is 0.748. The average Bonchev–Trinajstić information content (AvgIpc) is 3.00. The maximum atomic E-state index is 10.1. The van der Waals surface area contributed by atoms with Crippen LogP contribution in [0.1, 0.15) is 23.7 Å². The Morgan fingerprint density at radius 3 is 3.00 bits per heavy atom. The van der Waals surface area contributed by atoms with E-state index in [-0.39, 0.29) is 19.1 Å². The fraction of sp³-hybridized carbons (Fsp3) is 0.500. The average molecular weight is 340 g/mol. The number of aliphatic hydroxyl groups is 2. The first-order chi connectivity index (χ1) is 12.2. The molecule has 0 aliphatic carbocycles. The van der Waals surface area contributed by atoms with Crippen LogP contribution in [0.15, 0.2) is 29.8 Å². The Morgan fingerprint density at radius 2 is 2.24 bits per heavy atom. The number of hydrogen-bond donors (Lipinski definition) is 3. The summed E-state index contributed by atoms with van der Waals surface area (Å²) in [7, 11) is 1.70. The second-order valence-electron chi connectivity index (χ2n) is 7.54. The van der Waals surface area contributed by atoms with Gasteiger partial charge < -0.3 is 19.9 Å². The first-order valence-electron chi connectivity index (χ1n) is 9.10. The van der Waals surface area contributed by atoms with Crippen LogP contribution < -0.4 is 4.74 Å². The number of piperidine rings is 3. The molecule has 0 radical (unpaired) electrons. The number of ether oxygens (including phenoxy) is 1. The minimum Gasteiger partial charge on any atom is -0.497 e. The van der Waals surface area contributed by atoms with Gasteiger partial charge >= 0.3 is 0 Å². The molecule has 4 aliphatic heterocycles. The topological polar surface area (TPSA) is 68.7 Å². The first-order valence-corrected chi connectivity index (χ1v) is 9.10. The van der Waals surface area contributed by atoms with Gasteiger partial charge in [-0.3, -0.25) is 4.90 Å². The zero-order chi connectivity index (χ0) is 17.1. The van der Waals surface area contributed by atoms with Crippen molar-refractivity contribution in [3.05, 3.63) is 41.1 Å². The predicted octanol–water partition coefficient (Wildman–Crippen LogP) is 2.01. The molecule has 1 aromatic heterocycles. The molecule has 1 aromatic carbocycles. The molecule has 0 amide bonds.